The SMILES string of the molecule is [C-]#[N+]c1ccc2c(oc3c(-c4cc(CC(C)(C)C)c(C)c(C)[n+]4C)c(C)ccc32)c1-c1ccc(C)cc1. The zero-order valence-corrected chi connectivity index (χ0v) is 23.2. The fourth-order valence-electron chi connectivity index (χ4n) is 5.43. The van der Waals surface area contributed by atoms with Crippen LogP contribution in [-0.2, 0) is 13.5 Å². The smallest absolute Gasteiger partial charge is 0.216 e. The highest BCUT2D eigenvalue weighted by Crippen LogP contribution is 2.44. The largest absolute Gasteiger partial charge is 0.456 e. The van der Waals surface area contributed by atoms with Crippen LogP contribution in [0.3, 0.4) is 0 Å². The van der Waals surface area contributed by atoms with Crippen LogP contribution in [0, 0.1) is 39.7 Å². The molecule has 0 unspecified atom stereocenters. The van der Waals surface area contributed by atoms with E-state index in [1.54, 1.807) is 0 Å². The van der Waals surface area contributed by atoms with Crippen molar-refractivity contribution < 1.29 is 8.98 Å². The summed E-state index contributed by atoms with van der Waals surface area (Å²) in [5.74, 6) is 0. The van der Waals surface area contributed by atoms with Crippen LogP contribution in [0.25, 0.3) is 49.2 Å². The Bertz CT molecular complexity index is 1720. The molecule has 5 rings (SSSR count). The van der Waals surface area contributed by atoms with Crippen LogP contribution < -0.4 is 4.57 Å². The van der Waals surface area contributed by atoms with E-state index in [1.807, 2.05) is 12.1 Å². The predicted octanol–water partition coefficient (Wildman–Crippen LogP) is 9.12. The van der Waals surface area contributed by atoms with E-state index < -0.39 is 0 Å². The fraction of sp³-hybridized carbons (Fsp3) is 0.294. The van der Waals surface area contributed by atoms with Gasteiger partial charge in [0, 0.05) is 34.9 Å². The van der Waals surface area contributed by atoms with Crippen molar-refractivity contribution in [3.8, 4) is 22.4 Å². The van der Waals surface area contributed by atoms with Gasteiger partial charge in [0.1, 0.15) is 18.2 Å². The summed E-state index contributed by atoms with van der Waals surface area (Å²) >= 11 is 0. The van der Waals surface area contributed by atoms with Crippen molar-refractivity contribution in [1.82, 2.24) is 0 Å². The molecular formula is C34H35N2O+. The first-order valence-electron chi connectivity index (χ1n) is 12.9. The van der Waals surface area contributed by atoms with Gasteiger partial charge < -0.3 is 4.42 Å². The Hall–Kier alpha value is -3.90. The van der Waals surface area contributed by atoms with Gasteiger partial charge in [-0.15, -0.1) is 0 Å². The molecule has 2 heterocycles. The minimum atomic E-state index is 0.188. The second-order valence-corrected chi connectivity index (χ2v) is 11.6. The lowest BCUT2D eigenvalue weighted by atomic mass is 9.85. The molecule has 3 aromatic carbocycles. The highest BCUT2D eigenvalue weighted by atomic mass is 16.3. The zero-order chi connectivity index (χ0) is 26.6. The molecule has 5 aromatic rings. The summed E-state index contributed by atoms with van der Waals surface area (Å²) in [4.78, 5) is 3.85. The van der Waals surface area contributed by atoms with Crippen LogP contribution in [-0.4, -0.2) is 0 Å². The third-order valence-electron chi connectivity index (χ3n) is 7.63. The van der Waals surface area contributed by atoms with Crippen molar-refractivity contribution in [3.63, 3.8) is 0 Å². The number of benzene rings is 3. The van der Waals surface area contributed by atoms with Gasteiger partial charge in [-0.2, -0.15) is 4.57 Å². The lowest BCUT2D eigenvalue weighted by Crippen LogP contribution is -2.36. The van der Waals surface area contributed by atoms with E-state index in [1.165, 1.54) is 27.9 Å². The maximum Gasteiger partial charge on any atom is 0.216 e. The molecular weight excluding hydrogens is 452 g/mol. The Balaban J connectivity index is 1.86. The number of aromatic nitrogens is 1. The molecule has 0 fully saturated rings. The zero-order valence-electron chi connectivity index (χ0n) is 23.2. The topological polar surface area (TPSA) is 21.4 Å². The van der Waals surface area contributed by atoms with Gasteiger partial charge in [-0.25, -0.2) is 4.85 Å². The molecule has 3 nitrogen and oxygen atoms in total. The molecule has 186 valence electrons. The van der Waals surface area contributed by atoms with Gasteiger partial charge in [0.05, 0.1) is 12.1 Å². The van der Waals surface area contributed by atoms with Gasteiger partial charge in [0.15, 0.2) is 11.4 Å². The molecule has 0 N–H and O–H groups in total. The molecule has 0 saturated heterocycles. The molecule has 2 aromatic heterocycles. The number of hydrogen-bond acceptors (Lipinski definition) is 1. The first-order chi connectivity index (χ1) is 17.5. The van der Waals surface area contributed by atoms with Crippen molar-refractivity contribution in [1.29, 1.82) is 0 Å². The van der Waals surface area contributed by atoms with Crippen LogP contribution in [0.2, 0.25) is 0 Å². The number of pyridine rings is 1. The Labute approximate surface area is 220 Å². The Kier molecular flexibility index (Phi) is 5.95. The van der Waals surface area contributed by atoms with Crippen LogP contribution >= 0.6 is 0 Å². The van der Waals surface area contributed by atoms with E-state index in [0.29, 0.717) is 5.69 Å². The van der Waals surface area contributed by atoms with Crippen LogP contribution in [0.5, 0.6) is 0 Å². The summed E-state index contributed by atoms with van der Waals surface area (Å²) in [6.45, 7) is 23.4. The standard InChI is InChI=1S/C34H35N2O/c1-20-10-13-24(14-11-20)31-28(35-8)17-16-27-26-15-12-21(2)30(32(26)37-33(27)31)29-18-25(19-34(5,6)7)22(3)23(4)36(29)9/h10-18H,19H2,1-7,9H3/q+1. The second kappa shape index (κ2) is 8.89. The van der Waals surface area contributed by atoms with E-state index in [2.05, 4.69) is 107 Å². The summed E-state index contributed by atoms with van der Waals surface area (Å²) in [6.07, 6.45) is 1.01. The van der Waals surface area contributed by atoms with E-state index in [9.17, 15) is 0 Å². The molecule has 0 aliphatic carbocycles. The van der Waals surface area contributed by atoms with E-state index >= 15 is 0 Å². The van der Waals surface area contributed by atoms with Crippen molar-refractivity contribution in [2.24, 2.45) is 12.5 Å². The number of fused-ring (bicyclic) bond motifs is 3. The molecule has 0 atom stereocenters. The average Bonchev–Trinajstić information content (AvgIpc) is 3.22. The number of hydrogen-bond donors (Lipinski definition) is 0. The molecule has 0 saturated carbocycles. The normalized spacial score (nSPS) is 11.9. The first-order valence-corrected chi connectivity index (χ1v) is 12.9. The van der Waals surface area contributed by atoms with Gasteiger partial charge in [-0.1, -0.05) is 74.9 Å². The number of furan rings is 1. The molecule has 3 heteroatoms. The van der Waals surface area contributed by atoms with Crippen LogP contribution in [0.15, 0.2) is 59.0 Å². The minimum absolute atomic E-state index is 0.188. The van der Waals surface area contributed by atoms with E-state index in [0.717, 1.165) is 50.7 Å². The van der Waals surface area contributed by atoms with Gasteiger partial charge in [-0.05, 0) is 49.3 Å². The average molecular weight is 488 g/mol. The first kappa shape index (κ1) is 24.8. The highest BCUT2D eigenvalue weighted by Gasteiger charge is 2.27. The molecule has 0 spiro atoms. The lowest BCUT2D eigenvalue weighted by Gasteiger charge is -2.20. The molecule has 0 aliphatic heterocycles. The number of aryl methyl sites for hydroxylation is 2. The highest BCUT2D eigenvalue weighted by molar-refractivity contribution is 6.15. The Morgan fingerprint density at radius 3 is 2.08 bits per heavy atom. The van der Waals surface area contributed by atoms with Gasteiger partial charge in [0.2, 0.25) is 5.69 Å². The maximum absolute atomic E-state index is 7.84. The quantitative estimate of drug-likeness (QED) is 0.184. The monoisotopic (exact) mass is 487 g/mol. The Morgan fingerprint density at radius 1 is 0.838 bits per heavy atom. The predicted molar refractivity (Wildman–Crippen MR) is 154 cm³/mol. The van der Waals surface area contributed by atoms with Gasteiger partial charge in [0.25, 0.3) is 0 Å². The van der Waals surface area contributed by atoms with Crippen molar-refractivity contribution in [3.05, 3.63) is 94.0 Å². The molecule has 0 aliphatic rings. The van der Waals surface area contributed by atoms with Gasteiger partial charge in [-0.3, -0.25) is 0 Å². The third kappa shape index (κ3) is 4.21. The summed E-state index contributed by atoms with van der Waals surface area (Å²) < 4.78 is 9.08. The van der Waals surface area contributed by atoms with Gasteiger partial charge >= 0.3 is 0 Å². The summed E-state index contributed by atoms with van der Waals surface area (Å²) in [6, 6.07) is 19.0. The molecule has 0 radical (unpaired) electrons. The minimum Gasteiger partial charge on any atom is -0.456 e. The third-order valence-corrected chi connectivity index (χ3v) is 7.63. The fourth-order valence-corrected chi connectivity index (χ4v) is 5.43. The maximum atomic E-state index is 7.84. The van der Waals surface area contributed by atoms with Crippen molar-refractivity contribution in [2.45, 2.75) is 54.9 Å². The van der Waals surface area contributed by atoms with Crippen LogP contribution in [0.1, 0.15) is 48.7 Å². The summed E-state index contributed by atoms with van der Waals surface area (Å²) in [7, 11) is 2.15. The molecule has 0 bridgehead atoms. The molecule has 37 heavy (non-hydrogen) atoms. The van der Waals surface area contributed by atoms with E-state index in [-0.39, 0.29) is 5.41 Å². The summed E-state index contributed by atoms with van der Waals surface area (Å²) in [5.41, 5.74) is 13.0. The van der Waals surface area contributed by atoms with Crippen molar-refractivity contribution >= 4 is 27.6 Å². The van der Waals surface area contributed by atoms with E-state index in [4.69, 9.17) is 11.0 Å². The van der Waals surface area contributed by atoms with Crippen molar-refractivity contribution in [2.75, 3.05) is 0 Å². The molecule has 0 amide bonds. The Morgan fingerprint density at radius 2 is 1.46 bits per heavy atom. The lowest BCUT2D eigenvalue weighted by molar-refractivity contribution is -0.667. The number of rotatable bonds is 3. The second-order valence-electron chi connectivity index (χ2n) is 11.6. The summed E-state index contributed by atoms with van der Waals surface area (Å²) in [5, 5.41) is 2.12. The number of nitrogens with zero attached hydrogens (tertiary/aromatic N) is 2. The van der Waals surface area contributed by atoms with Crippen LogP contribution in [0.4, 0.5) is 5.69 Å².